The van der Waals surface area contributed by atoms with Gasteiger partial charge in [0.2, 0.25) is 0 Å². The summed E-state index contributed by atoms with van der Waals surface area (Å²) < 4.78 is 11.1. The van der Waals surface area contributed by atoms with E-state index < -0.39 is 0 Å². The molecule has 23 heavy (non-hydrogen) atoms. The van der Waals surface area contributed by atoms with Crippen LogP contribution in [0.15, 0.2) is 29.0 Å². The number of likely N-dealkylation sites (tertiary alicyclic amines) is 1. The first kappa shape index (κ1) is 16.2. The Morgan fingerprint density at radius 1 is 1.48 bits per heavy atom. The van der Waals surface area contributed by atoms with Gasteiger partial charge >= 0.3 is 0 Å². The second-order valence-corrected chi connectivity index (χ2v) is 6.54. The molecule has 1 aliphatic heterocycles. The van der Waals surface area contributed by atoms with E-state index in [1.807, 2.05) is 17.0 Å². The van der Waals surface area contributed by atoms with Gasteiger partial charge in [-0.1, -0.05) is 0 Å². The maximum absolute atomic E-state index is 12.6. The summed E-state index contributed by atoms with van der Waals surface area (Å²) in [5.74, 6) is 0.738. The highest BCUT2D eigenvalue weighted by atomic mass is 32.1. The Morgan fingerprint density at radius 3 is 3.00 bits per heavy atom. The van der Waals surface area contributed by atoms with Crippen LogP contribution in [0.1, 0.15) is 28.9 Å². The number of carbonyl (C=O) groups is 1. The predicted molar refractivity (Wildman–Crippen MR) is 88.4 cm³/mol. The summed E-state index contributed by atoms with van der Waals surface area (Å²) in [6.45, 7) is 2.80. The average molecular weight is 335 g/mol. The zero-order valence-electron chi connectivity index (χ0n) is 12.9. The van der Waals surface area contributed by atoms with E-state index in [-0.39, 0.29) is 12.0 Å². The van der Waals surface area contributed by atoms with Crippen molar-refractivity contribution >= 4 is 17.2 Å². The predicted octanol–water partition coefficient (Wildman–Crippen LogP) is 2.37. The highest BCUT2D eigenvalue weighted by Crippen LogP contribution is 2.27. The molecule has 0 aromatic carbocycles. The monoisotopic (exact) mass is 335 g/mol. The lowest BCUT2D eigenvalue weighted by Gasteiger charge is -2.31. The van der Waals surface area contributed by atoms with Gasteiger partial charge in [0.15, 0.2) is 10.8 Å². The van der Waals surface area contributed by atoms with Crippen molar-refractivity contribution in [3.05, 3.63) is 29.5 Å². The van der Waals surface area contributed by atoms with Crippen molar-refractivity contribution in [1.82, 2.24) is 9.88 Å². The van der Waals surface area contributed by atoms with Crippen LogP contribution in [0.3, 0.4) is 0 Å². The van der Waals surface area contributed by atoms with Gasteiger partial charge in [-0.3, -0.25) is 4.79 Å². The van der Waals surface area contributed by atoms with Crippen LogP contribution in [0, 0.1) is 0 Å². The van der Waals surface area contributed by atoms with Crippen molar-refractivity contribution in [2.75, 3.05) is 26.2 Å². The molecule has 0 unspecified atom stereocenters. The van der Waals surface area contributed by atoms with Gasteiger partial charge in [-0.05, 0) is 37.9 Å². The van der Waals surface area contributed by atoms with E-state index in [4.69, 9.17) is 14.9 Å². The zero-order valence-corrected chi connectivity index (χ0v) is 13.8. The summed E-state index contributed by atoms with van der Waals surface area (Å²) in [7, 11) is 0. The third-order valence-electron chi connectivity index (χ3n) is 3.88. The highest BCUT2D eigenvalue weighted by Gasteiger charge is 2.25. The first-order valence-corrected chi connectivity index (χ1v) is 8.70. The molecular formula is C16H21N3O3S. The molecule has 2 N–H and O–H groups in total. The van der Waals surface area contributed by atoms with Crippen molar-refractivity contribution in [3.8, 4) is 10.8 Å². The minimum atomic E-state index is 0.0423. The van der Waals surface area contributed by atoms with E-state index in [0.29, 0.717) is 23.8 Å². The molecule has 0 saturated carbocycles. The Kier molecular flexibility index (Phi) is 5.43. The fraction of sp³-hybridized carbons (Fsp3) is 0.500. The van der Waals surface area contributed by atoms with E-state index in [2.05, 4.69) is 4.98 Å². The summed E-state index contributed by atoms with van der Waals surface area (Å²) in [6.07, 6.45) is 6.11. The summed E-state index contributed by atoms with van der Waals surface area (Å²) in [5, 5.41) is 0.735. The maximum Gasteiger partial charge on any atom is 0.265 e. The van der Waals surface area contributed by atoms with E-state index in [1.165, 1.54) is 11.3 Å². The number of carbonyl (C=O) groups excluding carboxylic acids is 1. The number of nitrogens with two attached hydrogens (primary N) is 1. The Hall–Kier alpha value is -1.70. The number of thiazole rings is 1. The van der Waals surface area contributed by atoms with Gasteiger partial charge in [-0.25, -0.2) is 4.98 Å². The number of amides is 1. The molecule has 0 radical (unpaired) electrons. The molecule has 2 aromatic heterocycles. The largest absolute Gasteiger partial charge is 0.462 e. The molecule has 1 saturated heterocycles. The molecule has 1 aliphatic rings. The van der Waals surface area contributed by atoms with Crippen LogP contribution in [0.25, 0.3) is 10.8 Å². The summed E-state index contributed by atoms with van der Waals surface area (Å²) in [4.78, 5) is 19.4. The number of aromatic nitrogens is 1. The Balaban J connectivity index is 1.53. The van der Waals surface area contributed by atoms with Gasteiger partial charge < -0.3 is 19.8 Å². The van der Waals surface area contributed by atoms with E-state index in [9.17, 15) is 4.79 Å². The topological polar surface area (TPSA) is 81.6 Å². The Labute approximate surface area is 139 Å². The molecule has 6 nitrogen and oxygen atoms in total. The highest BCUT2D eigenvalue weighted by molar-refractivity contribution is 7.16. The Bertz CT molecular complexity index is 618. The molecule has 1 fully saturated rings. The van der Waals surface area contributed by atoms with Crippen LogP contribution >= 0.6 is 11.3 Å². The molecule has 0 aliphatic carbocycles. The first-order chi connectivity index (χ1) is 11.3. The number of hydrogen-bond donors (Lipinski definition) is 1. The van der Waals surface area contributed by atoms with Gasteiger partial charge in [0.25, 0.3) is 5.91 Å². The van der Waals surface area contributed by atoms with Crippen LogP contribution in [-0.4, -0.2) is 48.1 Å². The van der Waals surface area contributed by atoms with E-state index >= 15 is 0 Å². The zero-order chi connectivity index (χ0) is 16.1. The van der Waals surface area contributed by atoms with E-state index in [1.54, 1.807) is 12.5 Å². The quantitative estimate of drug-likeness (QED) is 0.820. The van der Waals surface area contributed by atoms with Crippen LogP contribution in [0.5, 0.6) is 0 Å². The molecule has 7 heteroatoms. The standard InChI is InChI=1S/C16H21N3O3S/c17-6-2-10-21-12-4-7-19(8-5-12)16(20)14-11-18-15(23-14)13-3-1-9-22-13/h1,3,9,11-12H,2,4-8,10,17H2. The number of furan rings is 1. The fourth-order valence-corrected chi connectivity index (χ4v) is 3.45. The molecule has 0 spiro atoms. The van der Waals surface area contributed by atoms with Crippen molar-refractivity contribution in [2.45, 2.75) is 25.4 Å². The molecule has 3 heterocycles. The number of ether oxygens (including phenoxy) is 1. The van der Waals surface area contributed by atoms with Gasteiger partial charge in [-0.15, -0.1) is 11.3 Å². The molecule has 0 bridgehead atoms. The van der Waals surface area contributed by atoms with Gasteiger partial charge in [0.1, 0.15) is 4.88 Å². The number of nitrogens with zero attached hydrogens (tertiary/aromatic N) is 2. The van der Waals surface area contributed by atoms with Gasteiger partial charge in [0.05, 0.1) is 18.6 Å². The lowest BCUT2D eigenvalue weighted by Crippen LogP contribution is -2.40. The molecule has 0 atom stereocenters. The van der Waals surface area contributed by atoms with Crippen molar-refractivity contribution < 1.29 is 13.9 Å². The number of hydrogen-bond acceptors (Lipinski definition) is 6. The number of piperidine rings is 1. The second-order valence-electron chi connectivity index (χ2n) is 5.51. The van der Waals surface area contributed by atoms with Crippen LogP contribution in [0.2, 0.25) is 0 Å². The minimum absolute atomic E-state index is 0.0423. The second kappa shape index (κ2) is 7.72. The lowest BCUT2D eigenvalue weighted by molar-refractivity contribution is 0.00857. The fourth-order valence-electron chi connectivity index (χ4n) is 2.60. The SMILES string of the molecule is NCCCOC1CCN(C(=O)c2cnc(-c3ccco3)s2)CC1. The van der Waals surface area contributed by atoms with Crippen molar-refractivity contribution in [1.29, 1.82) is 0 Å². The van der Waals surface area contributed by atoms with Gasteiger partial charge in [-0.2, -0.15) is 0 Å². The third-order valence-corrected chi connectivity index (χ3v) is 4.88. The lowest BCUT2D eigenvalue weighted by atomic mass is 10.1. The Morgan fingerprint density at radius 2 is 2.30 bits per heavy atom. The molecular weight excluding hydrogens is 314 g/mol. The summed E-state index contributed by atoms with van der Waals surface area (Å²) in [5.41, 5.74) is 5.46. The van der Waals surface area contributed by atoms with Gasteiger partial charge in [0, 0.05) is 19.7 Å². The normalized spacial score (nSPS) is 16.0. The van der Waals surface area contributed by atoms with Crippen LogP contribution < -0.4 is 5.73 Å². The average Bonchev–Trinajstić information content (AvgIpc) is 3.26. The first-order valence-electron chi connectivity index (χ1n) is 7.88. The summed E-state index contributed by atoms with van der Waals surface area (Å²) >= 11 is 1.37. The third kappa shape index (κ3) is 3.99. The number of rotatable bonds is 6. The van der Waals surface area contributed by atoms with Crippen molar-refractivity contribution in [2.24, 2.45) is 5.73 Å². The molecule has 3 rings (SSSR count). The van der Waals surface area contributed by atoms with Crippen LogP contribution in [0.4, 0.5) is 0 Å². The maximum atomic E-state index is 12.6. The molecule has 2 aromatic rings. The molecule has 1 amide bonds. The molecule has 124 valence electrons. The minimum Gasteiger partial charge on any atom is -0.462 e. The van der Waals surface area contributed by atoms with Crippen LogP contribution in [-0.2, 0) is 4.74 Å². The summed E-state index contributed by atoms with van der Waals surface area (Å²) in [6, 6.07) is 3.66. The van der Waals surface area contributed by atoms with Crippen molar-refractivity contribution in [3.63, 3.8) is 0 Å². The van der Waals surface area contributed by atoms with E-state index in [0.717, 1.165) is 37.4 Å². The smallest absolute Gasteiger partial charge is 0.265 e.